The second-order valence-corrected chi connectivity index (χ2v) is 8.18. The van der Waals surface area contributed by atoms with Crippen LogP contribution >= 0.6 is 15.9 Å². The number of halogens is 1. The first-order chi connectivity index (χ1) is 11.0. The molecule has 2 aromatic carbocycles. The lowest BCUT2D eigenvalue weighted by atomic mass is 10.2. The molecule has 0 radical (unpaired) electrons. The molecule has 1 saturated heterocycles. The zero-order chi connectivity index (χ0) is 16.4. The number of carbonyl (C=O) groups excluding carboxylic acids is 1. The van der Waals surface area contributed by atoms with Gasteiger partial charge >= 0.3 is 0 Å². The van der Waals surface area contributed by atoms with Crippen LogP contribution in [0, 0.1) is 0 Å². The Hall–Kier alpha value is -1.86. The second-order valence-electron chi connectivity index (χ2n) is 5.25. The molecule has 1 amide bonds. The molecule has 23 heavy (non-hydrogen) atoms. The van der Waals surface area contributed by atoms with Gasteiger partial charge in [0.2, 0.25) is 10.0 Å². The average Bonchev–Trinajstić information content (AvgIpc) is 2.88. The molecule has 1 fully saturated rings. The maximum Gasteiger partial charge on any atom is 0.255 e. The van der Waals surface area contributed by atoms with E-state index in [1.165, 1.54) is 4.31 Å². The Morgan fingerprint density at radius 1 is 1.04 bits per heavy atom. The predicted molar refractivity (Wildman–Crippen MR) is 94.3 cm³/mol. The number of amides is 1. The van der Waals surface area contributed by atoms with E-state index in [1.807, 2.05) is 0 Å². The Bertz CT molecular complexity index is 817. The summed E-state index contributed by atoms with van der Waals surface area (Å²) < 4.78 is 26.1. The van der Waals surface area contributed by atoms with Gasteiger partial charge in [-0.15, -0.1) is 0 Å². The van der Waals surface area contributed by atoms with Crippen LogP contribution in [0.1, 0.15) is 16.8 Å². The van der Waals surface area contributed by atoms with Gasteiger partial charge in [0, 0.05) is 22.3 Å². The van der Waals surface area contributed by atoms with Gasteiger partial charge in [-0.25, -0.2) is 8.42 Å². The molecule has 1 aliphatic rings. The first-order valence-corrected chi connectivity index (χ1v) is 9.53. The molecular formula is C16H15BrN2O3S. The SMILES string of the molecule is O=C(Nc1ccc(N2CCCS2(=O)=O)cc1)c1ccc(Br)cc1. The molecule has 0 bridgehead atoms. The van der Waals surface area contributed by atoms with Gasteiger partial charge in [0.1, 0.15) is 0 Å². The third-order valence-corrected chi connectivity index (χ3v) is 6.02. The Morgan fingerprint density at radius 3 is 2.26 bits per heavy atom. The van der Waals surface area contributed by atoms with E-state index >= 15 is 0 Å². The van der Waals surface area contributed by atoms with Gasteiger partial charge in [0.25, 0.3) is 5.91 Å². The van der Waals surface area contributed by atoms with Crippen molar-refractivity contribution in [3.8, 4) is 0 Å². The van der Waals surface area contributed by atoms with Crippen molar-refractivity contribution in [2.45, 2.75) is 6.42 Å². The van der Waals surface area contributed by atoms with Crippen LogP contribution in [0.15, 0.2) is 53.0 Å². The van der Waals surface area contributed by atoms with Gasteiger partial charge < -0.3 is 5.32 Å². The topological polar surface area (TPSA) is 66.5 Å². The molecule has 0 aromatic heterocycles. The summed E-state index contributed by atoms with van der Waals surface area (Å²) in [5.41, 5.74) is 1.81. The Kier molecular flexibility index (Phi) is 4.41. The predicted octanol–water partition coefficient (Wildman–Crippen LogP) is 3.24. The van der Waals surface area contributed by atoms with Crippen molar-refractivity contribution in [1.82, 2.24) is 0 Å². The average molecular weight is 395 g/mol. The molecule has 7 heteroatoms. The number of hydrogen-bond donors (Lipinski definition) is 1. The van der Waals surface area contributed by atoms with Crippen LogP contribution in [0.5, 0.6) is 0 Å². The number of benzene rings is 2. The number of anilines is 2. The van der Waals surface area contributed by atoms with Crippen LogP contribution in [0.2, 0.25) is 0 Å². The fraction of sp³-hybridized carbons (Fsp3) is 0.188. The van der Waals surface area contributed by atoms with Crippen molar-refractivity contribution in [3.05, 3.63) is 58.6 Å². The summed E-state index contributed by atoms with van der Waals surface area (Å²) in [5.74, 6) is -0.0197. The van der Waals surface area contributed by atoms with Crippen LogP contribution < -0.4 is 9.62 Å². The molecule has 0 spiro atoms. The standard InChI is InChI=1S/C16H15BrN2O3S/c17-13-4-2-12(3-5-13)16(20)18-14-6-8-15(9-7-14)19-10-1-11-23(19,21)22/h2-9H,1,10-11H2,(H,18,20). The normalized spacial score (nSPS) is 16.3. The van der Waals surface area contributed by atoms with Gasteiger partial charge in [-0.1, -0.05) is 15.9 Å². The lowest BCUT2D eigenvalue weighted by molar-refractivity contribution is 0.102. The first-order valence-electron chi connectivity index (χ1n) is 7.13. The van der Waals surface area contributed by atoms with E-state index in [1.54, 1.807) is 48.5 Å². The van der Waals surface area contributed by atoms with E-state index in [0.717, 1.165) is 4.47 Å². The Balaban J connectivity index is 1.73. The van der Waals surface area contributed by atoms with Crippen molar-refractivity contribution in [2.24, 2.45) is 0 Å². The minimum atomic E-state index is -3.18. The minimum Gasteiger partial charge on any atom is -0.322 e. The molecule has 5 nitrogen and oxygen atoms in total. The van der Waals surface area contributed by atoms with E-state index in [4.69, 9.17) is 0 Å². The maximum absolute atomic E-state index is 12.1. The number of hydrogen-bond acceptors (Lipinski definition) is 3. The summed E-state index contributed by atoms with van der Waals surface area (Å²) >= 11 is 3.33. The largest absolute Gasteiger partial charge is 0.322 e. The van der Waals surface area contributed by atoms with Gasteiger partial charge in [-0.3, -0.25) is 9.10 Å². The molecular weight excluding hydrogens is 380 g/mol. The highest BCUT2D eigenvalue weighted by molar-refractivity contribution is 9.10. The number of rotatable bonds is 3. The summed E-state index contributed by atoms with van der Waals surface area (Å²) in [5, 5.41) is 2.79. The molecule has 0 atom stereocenters. The summed E-state index contributed by atoms with van der Waals surface area (Å²) in [7, 11) is -3.18. The van der Waals surface area contributed by atoms with E-state index < -0.39 is 10.0 Å². The van der Waals surface area contributed by atoms with Crippen LogP contribution in [0.25, 0.3) is 0 Å². The molecule has 0 unspecified atom stereocenters. The Morgan fingerprint density at radius 2 is 1.70 bits per heavy atom. The van der Waals surface area contributed by atoms with E-state index in [9.17, 15) is 13.2 Å². The molecule has 2 aromatic rings. The summed E-state index contributed by atoms with van der Waals surface area (Å²) in [6.07, 6.45) is 0.643. The quantitative estimate of drug-likeness (QED) is 0.868. The van der Waals surface area contributed by atoms with Crippen LogP contribution in [-0.2, 0) is 10.0 Å². The highest BCUT2D eigenvalue weighted by Gasteiger charge is 2.28. The number of sulfonamides is 1. The van der Waals surface area contributed by atoms with Gasteiger partial charge in [-0.05, 0) is 55.0 Å². The third kappa shape index (κ3) is 3.56. The third-order valence-electron chi connectivity index (χ3n) is 3.62. The van der Waals surface area contributed by atoms with E-state index in [-0.39, 0.29) is 11.7 Å². The van der Waals surface area contributed by atoms with Crippen molar-refractivity contribution >= 4 is 43.2 Å². The molecule has 0 aliphatic carbocycles. The lowest BCUT2D eigenvalue weighted by Gasteiger charge is -2.17. The van der Waals surface area contributed by atoms with Crippen LogP contribution in [-0.4, -0.2) is 26.6 Å². The van der Waals surface area contributed by atoms with Crippen molar-refractivity contribution in [2.75, 3.05) is 21.9 Å². The number of carbonyl (C=O) groups is 1. The molecule has 1 heterocycles. The fourth-order valence-corrected chi connectivity index (χ4v) is 4.27. The lowest BCUT2D eigenvalue weighted by Crippen LogP contribution is -2.24. The summed E-state index contributed by atoms with van der Waals surface area (Å²) in [6, 6.07) is 13.9. The minimum absolute atomic E-state index is 0.190. The molecule has 120 valence electrons. The smallest absolute Gasteiger partial charge is 0.255 e. The maximum atomic E-state index is 12.1. The summed E-state index contributed by atoms with van der Waals surface area (Å²) in [6.45, 7) is 0.507. The van der Waals surface area contributed by atoms with Gasteiger partial charge in [0.05, 0.1) is 11.4 Å². The first kappa shape index (κ1) is 16.0. The van der Waals surface area contributed by atoms with Crippen LogP contribution in [0.4, 0.5) is 11.4 Å². The zero-order valence-electron chi connectivity index (χ0n) is 12.2. The van der Waals surface area contributed by atoms with E-state index in [0.29, 0.717) is 29.9 Å². The van der Waals surface area contributed by atoms with Crippen LogP contribution in [0.3, 0.4) is 0 Å². The highest BCUT2D eigenvalue weighted by Crippen LogP contribution is 2.25. The Labute approximate surface area is 143 Å². The molecule has 1 aliphatic heterocycles. The van der Waals surface area contributed by atoms with Crippen molar-refractivity contribution < 1.29 is 13.2 Å². The fourth-order valence-electron chi connectivity index (χ4n) is 2.45. The van der Waals surface area contributed by atoms with Gasteiger partial charge in [-0.2, -0.15) is 0 Å². The number of nitrogens with one attached hydrogen (secondary N) is 1. The number of nitrogens with zero attached hydrogens (tertiary/aromatic N) is 1. The van der Waals surface area contributed by atoms with Gasteiger partial charge in [0.15, 0.2) is 0 Å². The van der Waals surface area contributed by atoms with E-state index in [2.05, 4.69) is 21.2 Å². The van der Waals surface area contributed by atoms with Crippen molar-refractivity contribution in [3.63, 3.8) is 0 Å². The monoisotopic (exact) mass is 394 g/mol. The molecule has 3 rings (SSSR count). The van der Waals surface area contributed by atoms with Crippen molar-refractivity contribution in [1.29, 1.82) is 0 Å². The molecule has 0 saturated carbocycles. The highest BCUT2D eigenvalue weighted by atomic mass is 79.9. The zero-order valence-corrected chi connectivity index (χ0v) is 14.6. The summed E-state index contributed by atoms with van der Waals surface area (Å²) in [4.78, 5) is 12.1. The second kappa shape index (κ2) is 6.33. The molecule has 1 N–H and O–H groups in total.